The van der Waals surface area contributed by atoms with Gasteiger partial charge in [0.05, 0.1) is 34.5 Å². The SMILES string of the molecule is CC12C(=O)N(c3ccccc3)C(=O)C1CC1C(=CCC3C(=O)N(c4ccc(Nc5ccccc5)cc4)C(=O)C31)C2c1cccc(F)c1O. The van der Waals surface area contributed by atoms with Gasteiger partial charge in [-0.2, -0.15) is 0 Å². The second-order valence-corrected chi connectivity index (χ2v) is 13.2. The third-order valence-electron chi connectivity index (χ3n) is 10.8. The predicted octanol–water partition coefficient (Wildman–Crippen LogP) is 6.71. The molecule has 6 atom stereocenters. The van der Waals surface area contributed by atoms with Gasteiger partial charge in [-0.3, -0.25) is 24.1 Å². The van der Waals surface area contributed by atoms with E-state index in [1.807, 2.05) is 48.5 Å². The molecule has 8 rings (SSSR count). The summed E-state index contributed by atoms with van der Waals surface area (Å²) in [5.74, 6) is -6.77. The maximum absolute atomic E-state index is 14.9. The van der Waals surface area contributed by atoms with E-state index in [4.69, 9.17) is 0 Å². The molecule has 0 spiro atoms. The van der Waals surface area contributed by atoms with Gasteiger partial charge >= 0.3 is 0 Å². The van der Waals surface area contributed by atoms with Gasteiger partial charge in [-0.25, -0.2) is 9.29 Å². The number of carbonyl (C=O) groups is 4. The first-order chi connectivity index (χ1) is 23.2. The highest BCUT2D eigenvalue weighted by molar-refractivity contribution is 6.25. The van der Waals surface area contributed by atoms with Crippen molar-refractivity contribution in [3.05, 3.63) is 126 Å². The molecule has 1 saturated carbocycles. The average Bonchev–Trinajstić information content (AvgIpc) is 3.47. The summed E-state index contributed by atoms with van der Waals surface area (Å²) in [5, 5.41) is 14.4. The fraction of sp³-hybridized carbons (Fsp3) is 0.231. The molecule has 2 saturated heterocycles. The minimum atomic E-state index is -1.37. The molecule has 4 aromatic carbocycles. The molecular formula is C39H32FN3O5. The monoisotopic (exact) mass is 641 g/mol. The van der Waals surface area contributed by atoms with Crippen molar-refractivity contribution in [2.24, 2.45) is 29.1 Å². The van der Waals surface area contributed by atoms with Crippen molar-refractivity contribution >= 4 is 46.4 Å². The zero-order chi connectivity index (χ0) is 33.3. The van der Waals surface area contributed by atoms with Gasteiger partial charge in [0.25, 0.3) is 0 Å². The highest BCUT2D eigenvalue weighted by Crippen LogP contribution is 2.64. The van der Waals surface area contributed by atoms with Crippen molar-refractivity contribution in [2.45, 2.75) is 25.7 Å². The van der Waals surface area contributed by atoms with Gasteiger partial charge in [-0.15, -0.1) is 0 Å². The number of rotatable bonds is 5. The summed E-state index contributed by atoms with van der Waals surface area (Å²) in [6.07, 6.45) is 2.28. The van der Waals surface area contributed by atoms with Crippen LogP contribution in [-0.4, -0.2) is 28.7 Å². The molecule has 4 aliphatic rings. The number of carbonyl (C=O) groups excluding carboxylic acids is 4. The van der Waals surface area contributed by atoms with Gasteiger partial charge in [0, 0.05) is 22.9 Å². The Bertz CT molecular complexity index is 2010. The van der Waals surface area contributed by atoms with Gasteiger partial charge in [0.1, 0.15) is 0 Å². The first-order valence-corrected chi connectivity index (χ1v) is 16.1. The molecular weight excluding hydrogens is 609 g/mol. The predicted molar refractivity (Wildman–Crippen MR) is 178 cm³/mol. The average molecular weight is 642 g/mol. The summed E-state index contributed by atoms with van der Waals surface area (Å²) < 4.78 is 14.9. The molecule has 9 heteroatoms. The Morgan fingerprint density at radius 3 is 2.08 bits per heavy atom. The number of aromatic hydroxyl groups is 1. The smallest absolute Gasteiger partial charge is 0.241 e. The third-order valence-corrected chi connectivity index (χ3v) is 10.8. The Morgan fingerprint density at radius 1 is 0.729 bits per heavy atom. The van der Waals surface area contributed by atoms with Crippen molar-refractivity contribution in [1.29, 1.82) is 0 Å². The Kier molecular flexibility index (Phi) is 6.84. The van der Waals surface area contributed by atoms with Crippen LogP contribution in [0.3, 0.4) is 0 Å². The number of amides is 4. The van der Waals surface area contributed by atoms with E-state index in [1.54, 1.807) is 55.5 Å². The second-order valence-electron chi connectivity index (χ2n) is 13.2. The summed E-state index contributed by atoms with van der Waals surface area (Å²) in [7, 11) is 0. The number of anilines is 4. The van der Waals surface area contributed by atoms with Gasteiger partial charge in [-0.05, 0) is 80.3 Å². The molecule has 48 heavy (non-hydrogen) atoms. The van der Waals surface area contributed by atoms with E-state index in [-0.39, 0.29) is 30.2 Å². The van der Waals surface area contributed by atoms with Gasteiger partial charge in [0.2, 0.25) is 23.6 Å². The van der Waals surface area contributed by atoms with Crippen LogP contribution >= 0.6 is 0 Å². The molecule has 2 aliphatic carbocycles. The van der Waals surface area contributed by atoms with Gasteiger partial charge < -0.3 is 10.4 Å². The number of hydrogen-bond donors (Lipinski definition) is 2. The van der Waals surface area contributed by atoms with E-state index in [0.717, 1.165) is 17.4 Å². The number of benzene rings is 4. The fourth-order valence-corrected chi connectivity index (χ4v) is 8.58. The molecule has 3 fully saturated rings. The van der Waals surface area contributed by atoms with E-state index in [0.29, 0.717) is 16.9 Å². The normalized spacial score (nSPS) is 27.8. The first-order valence-electron chi connectivity index (χ1n) is 16.1. The molecule has 2 heterocycles. The van der Waals surface area contributed by atoms with Crippen LogP contribution < -0.4 is 15.1 Å². The van der Waals surface area contributed by atoms with Gasteiger partial charge in [-0.1, -0.05) is 60.2 Å². The highest BCUT2D eigenvalue weighted by Gasteiger charge is 2.68. The Hall–Kier alpha value is -5.57. The van der Waals surface area contributed by atoms with Crippen LogP contribution in [0.15, 0.2) is 115 Å². The van der Waals surface area contributed by atoms with E-state index < -0.39 is 58.4 Å². The van der Waals surface area contributed by atoms with Crippen molar-refractivity contribution < 1.29 is 28.7 Å². The Morgan fingerprint density at radius 2 is 1.38 bits per heavy atom. The standard InChI is InChI=1S/C39H32FN3O5/c1-39-30(36(46)43(38(39)48)24-11-6-3-7-12-24)21-29-26(33(39)28-13-8-14-31(40)34(28)44)19-20-27-32(29)37(47)42(35(27)45)25-17-15-23(16-18-25)41-22-9-4-2-5-10-22/h2-19,27,29-30,32-33,41,44H,20-21H2,1H3. The van der Waals surface area contributed by atoms with E-state index in [9.17, 15) is 28.7 Å². The summed E-state index contributed by atoms with van der Waals surface area (Å²) in [4.78, 5) is 59.3. The van der Waals surface area contributed by atoms with Crippen LogP contribution in [0.25, 0.3) is 0 Å². The molecule has 4 amide bonds. The van der Waals surface area contributed by atoms with Crippen molar-refractivity contribution in [3.8, 4) is 5.75 Å². The summed E-state index contributed by atoms with van der Waals surface area (Å²) in [5.41, 5.74) is 2.05. The number of nitrogens with one attached hydrogen (secondary N) is 1. The first kappa shape index (κ1) is 29.8. The molecule has 0 radical (unpaired) electrons. The van der Waals surface area contributed by atoms with Crippen molar-refractivity contribution in [1.82, 2.24) is 0 Å². The third kappa shape index (κ3) is 4.26. The molecule has 6 unspecified atom stereocenters. The molecule has 4 aromatic rings. The second kappa shape index (κ2) is 11.0. The lowest BCUT2D eigenvalue weighted by Gasteiger charge is -2.49. The molecule has 8 nitrogen and oxygen atoms in total. The minimum absolute atomic E-state index is 0.163. The van der Waals surface area contributed by atoms with Crippen molar-refractivity contribution in [2.75, 3.05) is 15.1 Å². The van der Waals surface area contributed by atoms with E-state index in [1.165, 1.54) is 15.9 Å². The number of hydrogen-bond acceptors (Lipinski definition) is 6. The maximum Gasteiger partial charge on any atom is 0.241 e. The van der Waals surface area contributed by atoms with Crippen LogP contribution in [0.1, 0.15) is 31.2 Å². The molecule has 0 aromatic heterocycles. The summed E-state index contributed by atoms with van der Waals surface area (Å²) in [6, 6.07) is 29.5. The van der Waals surface area contributed by atoms with E-state index >= 15 is 0 Å². The van der Waals surface area contributed by atoms with Crippen molar-refractivity contribution in [3.63, 3.8) is 0 Å². The number of imide groups is 2. The quantitative estimate of drug-likeness (QED) is 0.185. The number of nitrogens with zero attached hydrogens (tertiary/aromatic N) is 2. The minimum Gasteiger partial charge on any atom is -0.505 e. The number of fused-ring (bicyclic) bond motifs is 4. The lowest BCUT2D eigenvalue weighted by atomic mass is 9.51. The zero-order valence-electron chi connectivity index (χ0n) is 26.0. The zero-order valence-corrected chi connectivity index (χ0v) is 26.0. The Balaban J connectivity index is 1.18. The molecule has 0 bridgehead atoms. The number of para-hydroxylation sites is 3. The topological polar surface area (TPSA) is 107 Å². The number of phenolic OH excluding ortho intramolecular Hbond substituents is 1. The summed E-state index contributed by atoms with van der Waals surface area (Å²) in [6.45, 7) is 1.71. The van der Waals surface area contributed by atoms with Crippen LogP contribution in [0.4, 0.5) is 27.1 Å². The van der Waals surface area contributed by atoms with E-state index in [2.05, 4.69) is 5.32 Å². The highest BCUT2D eigenvalue weighted by atomic mass is 19.1. The Labute approximate surface area is 276 Å². The summed E-state index contributed by atoms with van der Waals surface area (Å²) >= 11 is 0. The maximum atomic E-state index is 14.9. The number of allylic oxidation sites excluding steroid dienone is 2. The lowest BCUT2D eigenvalue weighted by molar-refractivity contribution is -0.131. The lowest BCUT2D eigenvalue weighted by Crippen LogP contribution is -2.49. The van der Waals surface area contributed by atoms with Crippen LogP contribution in [0.5, 0.6) is 5.75 Å². The van der Waals surface area contributed by atoms with Crippen LogP contribution in [0.2, 0.25) is 0 Å². The number of halogens is 1. The van der Waals surface area contributed by atoms with Gasteiger partial charge in [0.15, 0.2) is 11.6 Å². The number of phenols is 1. The molecule has 2 aliphatic heterocycles. The molecule has 2 N–H and O–H groups in total. The fourth-order valence-electron chi connectivity index (χ4n) is 8.58. The van der Waals surface area contributed by atoms with Crippen LogP contribution in [-0.2, 0) is 19.2 Å². The largest absolute Gasteiger partial charge is 0.505 e. The van der Waals surface area contributed by atoms with Crippen LogP contribution in [0, 0.1) is 34.9 Å². The molecule has 240 valence electrons.